The highest BCUT2D eigenvalue weighted by Gasteiger charge is 2.52. The molecule has 9 heteroatoms. The number of aryl methyl sites for hydroxylation is 4. The normalized spacial score (nSPS) is 18.8. The topological polar surface area (TPSA) is 114 Å². The number of benzene rings is 4. The molecule has 0 N–H and O–H groups in total. The van der Waals surface area contributed by atoms with E-state index in [4.69, 9.17) is 23.7 Å². The fraction of sp³-hybridized carbons (Fsp3) is 0.243. The van der Waals surface area contributed by atoms with Crippen LogP contribution >= 0.6 is 0 Å². The van der Waals surface area contributed by atoms with E-state index < -0.39 is 55.1 Å². The van der Waals surface area contributed by atoms with Crippen molar-refractivity contribution in [3.63, 3.8) is 0 Å². The van der Waals surface area contributed by atoms with Crippen molar-refractivity contribution in [1.82, 2.24) is 0 Å². The summed E-state index contributed by atoms with van der Waals surface area (Å²) in [6, 6.07) is 26.9. The van der Waals surface area contributed by atoms with Crippen molar-refractivity contribution in [3.05, 3.63) is 142 Å². The van der Waals surface area contributed by atoms with E-state index in [2.05, 4.69) is 0 Å². The summed E-state index contributed by atoms with van der Waals surface area (Å²) in [6.07, 6.45) is -5.37. The summed E-state index contributed by atoms with van der Waals surface area (Å²) in [5, 5.41) is 0. The van der Waals surface area contributed by atoms with Crippen LogP contribution in [0, 0.1) is 27.7 Å². The Balaban J connectivity index is 1.45. The van der Waals surface area contributed by atoms with Crippen LogP contribution in [-0.4, -0.2) is 55.1 Å². The maximum Gasteiger partial charge on any atom is 0.340 e. The lowest BCUT2D eigenvalue weighted by atomic mass is 10.1. The van der Waals surface area contributed by atoms with Crippen molar-refractivity contribution in [2.24, 2.45) is 0 Å². The fourth-order valence-corrected chi connectivity index (χ4v) is 4.74. The second kappa shape index (κ2) is 14.2. The lowest BCUT2D eigenvalue weighted by Gasteiger charge is -2.24. The molecule has 1 aliphatic heterocycles. The third-order valence-corrected chi connectivity index (χ3v) is 7.50. The van der Waals surface area contributed by atoms with Gasteiger partial charge in [0.2, 0.25) is 12.4 Å². The van der Waals surface area contributed by atoms with Crippen LogP contribution in [-0.2, 0) is 23.7 Å². The van der Waals surface area contributed by atoms with Gasteiger partial charge in [0.1, 0.15) is 12.7 Å². The van der Waals surface area contributed by atoms with Gasteiger partial charge in [0.05, 0.1) is 22.3 Å². The fourth-order valence-electron chi connectivity index (χ4n) is 4.74. The minimum atomic E-state index is -1.50. The molecule has 4 atom stereocenters. The molecule has 46 heavy (non-hydrogen) atoms. The molecule has 2 unspecified atom stereocenters. The Kier molecular flexibility index (Phi) is 9.93. The summed E-state index contributed by atoms with van der Waals surface area (Å²) < 4.78 is 29.0. The molecular formula is C37H34O9. The highest BCUT2D eigenvalue weighted by molar-refractivity contribution is 5.91. The van der Waals surface area contributed by atoms with Gasteiger partial charge in [0.15, 0.2) is 6.10 Å². The molecule has 1 saturated heterocycles. The highest BCUT2D eigenvalue weighted by atomic mass is 16.8. The zero-order valence-electron chi connectivity index (χ0n) is 25.9. The van der Waals surface area contributed by atoms with E-state index in [0.29, 0.717) is 5.56 Å². The highest BCUT2D eigenvalue weighted by Crippen LogP contribution is 2.31. The molecule has 9 nitrogen and oxygen atoms in total. The van der Waals surface area contributed by atoms with Gasteiger partial charge in [-0.25, -0.2) is 19.2 Å². The number of carbonyl (C=O) groups excluding carboxylic acids is 4. The number of hydrogen-bond donors (Lipinski definition) is 0. The predicted octanol–water partition coefficient (Wildman–Crippen LogP) is 6.11. The molecule has 1 fully saturated rings. The quantitative estimate of drug-likeness (QED) is 0.161. The molecule has 0 spiro atoms. The molecule has 1 heterocycles. The van der Waals surface area contributed by atoms with Gasteiger partial charge in [-0.3, -0.25) is 0 Å². The lowest BCUT2D eigenvalue weighted by molar-refractivity contribution is -0.141. The molecule has 0 saturated carbocycles. The molecule has 236 valence electrons. The van der Waals surface area contributed by atoms with Crippen molar-refractivity contribution in [2.75, 3.05) is 6.61 Å². The molecule has 0 aliphatic carbocycles. The van der Waals surface area contributed by atoms with Crippen LogP contribution in [0.15, 0.2) is 97.1 Å². The van der Waals surface area contributed by atoms with Crippen molar-refractivity contribution in [1.29, 1.82) is 0 Å². The summed E-state index contributed by atoms with van der Waals surface area (Å²) in [7, 11) is 0. The zero-order valence-corrected chi connectivity index (χ0v) is 25.9. The first-order valence-electron chi connectivity index (χ1n) is 14.8. The Labute approximate surface area is 267 Å². The maximum absolute atomic E-state index is 13.3. The Morgan fingerprint density at radius 1 is 0.478 bits per heavy atom. The molecule has 0 amide bonds. The summed E-state index contributed by atoms with van der Waals surface area (Å²) in [6.45, 7) is 7.14. The van der Waals surface area contributed by atoms with Gasteiger partial charge < -0.3 is 23.7 Å². The average molecular weight is 623 g/mol. The van der Waals surface area contributed by atoms with Gasteiger partial charge >= 0.3 is 23.9 Å². The number of carbonyl (C=O) groups is 4. The number of esters is 4. The Morgan fingerprint density at radius 2 is 0.804 bits per heavy atom. The molecule has 0 aromatic heterocycles. The van der Waals surface area contributed by atoms with Crippen LogP contribution in [0.25, 0.3) is 0 Å². The first kappa shape index (κ1) is 32.1. The van der Waals surface area contributed by atoms with Gasteiger partial charge in [-0.2, -0.15) is 0 Å². The van der Waals surface area contributed by atoms with E-state index in [1.165, 1.54) is 0 Å². The van der Waals surface area contributed by atoms with E-state index in [0.717, 1.165) is 22.3 Å². The molecule has 4 aromatic carbocycles. The monoisotopic (exact) mass is 622 g/mol. The van der Waals surface area contributed by atoms with Gasteiger partial charge in [-0.1, -0.05) is 70.8 Å². The summed E-state index contributed by atoms with van der Waals surface area (Å²) in [5.74, 6) is -2.87. The molecule has 0 bridgehead atoms. The van der Waals surface area contributed by atoms with Crippen LogP contribution < -0.4 is 0 Å². The zero-order chi connectivity index (χ0) is 32.8. The minimum Gasteiger partial charge on any atom is -0.459 e. The second-order valence-electron chi connectivity index (χ2n) is 11.3. The lowest BCUT2D eigenvalue weighted by Crippen LogP contribution is -2.42. The first-order valence-corrected chi connectivity index (χ1v) is 14.8. The summed E-state index contributed by atoms with van der Waals surface area (Å²) >= 11 is 0. The Hall–Kier alpha value is -5.28. The number of ether oxygens (including phenoxy) is 5. The Morgan fingerprint density at radius 3 is 1.20 bits per heavy atom. The van der Waals surface area contributed by atoms with Gasteiger partial charge in [0.25, 0.3) is 0 Å². The van der Waals surface area contributed by atoms with Gasteiger partial charge in [-0.05, 0) is 76.2 Å². The SMILES string of the molecule is Cc1ccc(C(=O)OCC2OC(OC(=O)c3ccc(C)cc3)[C@H](OC(=O)c3ccc(C)cc3)[C@@H]2OC(=O)c2ccc(C)cc2)cc1. The van der Waals surface area contributed by atoms with E-state index in [1.807, 2.05) is 27.7 Å². The average Bonchev–Trinajstić information content (AvgIpc) is 3.35. The van der Waals surface area contributed by atoms with Gasteiger partial charge in [-0.15, -0.1) is 0 Å². The van der Waals surface area contributed by atoms with E-state index in [1.54, 1.807) is 97.1 Å². The van der Waals surface area contributed by atoms with Crippen LogP contribution in [0.4, 0.5) is 0 Å². The van der Waals surface area contributed by atoms with E-state index >= 15 is 0 Å². The molecule has 0 radical (unpaired) electrons. The van der Waals surface area contributed by atoms with Crippen molar-refractivity contribution in [3.8, 4) is 0 Å². The van der Waals surface area contributed by atoms with Crippen molar-refractivity contribution < 1.29 is 42.9 Å². The molecule has 1 aliphatic rings. The molecular weight excluding hydrogens is 588 g/mol. The molecule has 5 rings (SSSR count). The van der Waals surface area contributed by atoms with Crippen LogP contribution in [0.1, 0.15) is 63.7 Å². The van der Waals surface area contributed by atoms with E-state index in [-0.39, 0.29) is 16.7 Å². The third kappa shape index (κ3) is 7.86. The first-order chi connectivity index (χ1) is 22.1. The molecule has 4 aromatic rings. The van der Waals surface area contributed by atoms with E-state index in [9.17, 15) is 19.2 Å². The standard InChI is InChI=1S/C37H34O9/c1-22-5-13-26(14-6-22)33(38)42-21-30-31(44-34(39)27-15-7-23(2)8-16-27)32(45-35(40)28-17-9-24(3)10-18-28)37(43-30)46-36(41)29-19-11-25(4)12-20-29/h5-20,30-32,37H,21H2,1-4H3/t30?,31-,32-,37?/m1/s1. The third-order valence-electron chi connectivity index (χ3n) is 7.50. The maximum atomic E-state index is 13.3. The smallest absolute Gasteiger partial charge is 0.340 e. The van der Waals surface area contributed by atoms with Gasteiger partial charge in [0, 0.05) is 0 Å². The predicted molar refractivity (Wildman–Crippen MR) is 167 cm³/mol. The van der Waals surface area contributed by atoms with Crippen LogP contribution in [0.2, 0.25) is 0 Å². The Bertz CT molecular complexity index is 1690. The summed E-state index contributed by atoms with van der Waals surface area (Å²) in [5.41, 5.74) is 4.80. The van der Waals surface area contributed by atoms with Crippen molar-refractivity contribution in [2.45, 2.75) is 52.3 Å². The van der Waals surface area contributed by atoms with Crippen LogP contribution in [0.3, 0.4) is 0 Å². The summed E-state index contributed by atoms with van der Waals surface area (Å²) in [4.78, 5) is 52.7. The van der Waals surface area contributed by atoms with Crippen LogP contribution in [0.5, 0.6) is 0 Å². The number of hydrogen-bond acceptors (Lipinski definition) is 9. The second-order valence-corrected chi connectivity index (χ2v) is 11.3. The largest absolute Gasteiger partial charge is 0.459 e. The number of rotatable bonds is 9. The minimum absolute atomic E-state index is 0.229. The van der Waals surface area contributed by atoms with Crippen molar-refractivity contribution >= 4 is 23.9 Å².